The van der Waals surface area contributed by atoms with Crippen molar-refractivity contribution in [3.05, 3.63) is 95.5 Å². The average Bonchev–Trinajstić information content (AvgIpc) is 3.39. The van der Waals surface area contributed by atoms with E-state index in [1.165, 1.54) is 0 Å². The number of aromatic nitrogens is 4. The number of nitrogens with zero attached hydrogens (tertiary/aromatic N) is 4. The Balaban J connectivity index is 0.000000795. The van der Waals surface area contributed by atoms with Crippen molar-refractivity contribution in [3.8, 4) is 5.82 Å². The zero-order valence-corrected chi connectivity index (χ0v) is 21.2. The van der Waals surface area contributed by atoms with Crippen LogP contribution in [0.4, 0.5) is 11.8 Å². The molecule has 0 fully saturated rings. The Morgan fingerprint density at radius 1 is 0.943 bits per heavy atom. The monoisotopic (exact) mass is 492 g/mol. The summed E-state index contributed by atoms with van der Waals surface area (Å²) >= 11 is 5.91. The first kappa shape index (κ1) is 26.2. The Morgan fingerprint density at radius 2 is 1.69 bits per heavy atom. The first-order valence-electron chi connectivity index (χ1n) is 11.7. The van der Waals surface area contributed by atoms with Crippen LogP contribution in [-0.4, -0.2) is 32.7 Å². The van der Waals surface area contributed by atoms with Crippen molar-refractivity contribution < 1.29 is 4.74 Å². The normalized spacial score (nSPS) is 10.5. The molecular weight excluding hydrogens is 460 g/mol. The Hall–Kier alpha value is -3.42. The highest BCUT2D eigenvalue weighted by Crippen LogP contribution is 2.15. The van der Waals surface area contributed by atoms with Crippen molar-refractivity contribution in [1.29, 1.82) is 0 Å². The highest BCUT2D eigenvalue weighted by molar-refractivity contribution is 6.30. The van der Waals surface area contributed by atoms with Crippen LogP contribution in [0.5, 0.6) is 0 Å². The van der Waals surface area contributed by atoms with E-state index in [1.807, 2.05) is 59.3 Å². The summed E-state index contributed by atoms with van der Waals surface area (Å²) in [4.78, 5) is 13.3. The molecule has 4 aromatic rings. The first-order valence-corrected chi connectivity index (χ1v) is 12.1. The second-order valence-corrected chi connectivity index (χ2v) is 9.02. The molecule has 2 aromatic heterocycles. The fourth-order valence-corrected chi connectivity index (χ4v) is 3.06. The summed E-state index contributed by atoms with van der Waals surface area (Å²) in [7, 11) is 0. The predicted octanol–water partition coefficient (Wildman–Crippen LogP) is 6.22. The largest absolute Gasteiger partial charge is 0.375 e. The summed E-state index contributed by atoms with van der Waals surface area (Å²) in [5, 5.41) is 7.33. The molecule has 0 spiro atoms. The fraction of sp³-hybridized carbons (Fsp3) is 0.296. The highest BCUT2D eigenvalue weighted by atomic mass is 35.5. The number of rotatable bonds is 10. The lowest BCUT2D eigenvalue weighted by molar-refractivity contribution is 0.130. The van der Waals surface area contributed by atoms with Crippen LogP contribution in [-0.2, 0) is 17.9 Å². The maximum atomic E-state index is 5.91. The number of benzene rings is 2. The van der Waals surface area contributed by atoms with Gasteiger partial charge in [-0.1, -0.05) is 74.8 Å². The van der Waals surface area contributed by atoms with Gasteiger partial charge in [0.05, 0.1) is 13.2 Å². The van der Waals surface area contributed by atoms with Gasteiger partial charge in [-0.2, -0.15) is 9.97 Å². The molecule has 0 saturated carbocycles. The average molecular weight is 493 g/mol. The third kappa shape index (κ3) is 9.76. The molecule has 2 heterocycles. The summed E-state index contributed by atoms with van der Waals surface area (Å²) in [5.74, 6) is 2.82. The van der Waals surface area contributed by atoms with Crippen molar-refractivity contribution in [3.63, 3.8) is 0 Å². The van der Waals surface area contributed by atoms with Crippen molar-refractivity contribution in [1.82, 2.24) is 19.5 Å². The summed E-state index contributed by atoms with van der Waals surface area (Å²) in [6.45, 7) is 8.83. The summed E-state index contributed by atoms with van der Waals surface area (Å²) < 4.78 is 7.58. The van der Waals surface area contributed by atoms with Gasteiger partial charge in [-0.15, -0.1) is 0 Å². The van der Waals surface area contributed by atoms with Crippen molar-refractivity contribution in [2.24, 2.45) is 5.92 Å². The lowest BCUT2D eigenvalue weighted by atomic mass is 10.2. The van der Waals surface area contributed by atoms with E-state index in [9.17, 15) is 0 Å². The number of hydrogen-bond acceptors (Lipinski definition) is 6. The van der Waals surface area contributed by atoms with Crippen LogP contribution in [0, 0.1) is 5.92 Å². The third-order valence-corrected chi connectivity index (χ3v) is 4.76. The minimum atomic E-state index is 0.535. The summed E-state index contributed by atoms with van der Waals surface area (Å²) in [5.41, 5.74) is 2.24. The number of ether oxygens (including phenoxy) is 1. The molecule has 0 atom stereocenters. The van der Waals surface area contributed by atoms with Crippen LogP contribution in [0.3, 0.4) is 0 Å². The van der Waals surface area contributed by atoms with Crippen molar-refractivity contribution in [2.45, 2.75) is 33.9 Å². The van der Waals surface area contributed by atoms with Gasteiger partial charge in [0.2, 0.25) is 5.95 Å². The van der Waals surface area contributed by atoms with Gasteiger partial charge in [0.25, 0.3) is 0 Å². The van der Waals surface area contributed by atoms with Gasteiger partial charge in [0.15, 0.2) is 0 Å². The van der Waals surface area contributed by atoms with Crippen molar-refractivity contribution >= 4 is 23.4 Å². The Morgan fingerprint density at radius 3 is 2.37 bits per heavy atom. The lowest BCUT2D eigenvalue weighted by Gasteiger charge is -2.12. The molecule has 2 N–H and O–H groups in total. The number of imidazole rings is 1. The van der Waals surface area contributed by atoms with Gasteiger partial charge >= 0.3 is 0 Å². The second-order valence-electron chi connectivity index (χ2n) is 8.58. The van der Waals surface area contributed by atoms with E-state index in [0.29, 0.717) is 38.1 Å². The van der Waals surface area contributed by atoms with E-state index in [4.69, 9.17) is 16.3 Å². The number of hydrogen-bond donors (Lipinski definition) is 2. The molecule has 8 heteroatoms. The molecular formula is C27H33ClN6O. The van der Waals surface area contributed by atoms with E-state index in [-0.39, 0.29) is 0 Å². The zero-order valence-electron chi connectivity index (χ0n) is 20.5. The first-order chi connectivity index (χ1) is 17.0. The molecule has 0 aliphatic heterocycles. The Bertz CT molecular complexity index is 1120. The number of nitrogens with one attached hydrogen (secondary N) is 2. The van der Waals surface area contributed by atoms with Gasteiger partial charge in [0, 0.05) is 36.6 Å². The minimum absolute atomic E-state index is 0.535. The van der Waals surface area contributed by atoms with Crippen molar-refractivity contribution in [2.75, 3.05) is 23.8 Å². The van der Waals surface area contributed by atoms with Crippen LogP contribution in [0.25, 0.3) is 5.82 Å². The molecule has 0 unspecified atom stereocenters. The van der Waals surface area contributed by atoms with E-state index < -0.39 is 0 Å². The topological polar surface area (TPSA) is 76.9 Å². The SMILES string of the molecule is CC(C)C.Clc1ccc(COCCNc2cc(-n3ccnc3)nc(NCc3ccccc3)n2)cc1. The van der Waals surface area contributed by atoms with Gasteiger partial charge in [-0.25, -0.2) is 4.98 Å². The molecule has 0 saturated heterocycles. The molecule has 0 aliphatic carbocycles. The molecule has 35 heavy (non-hydrogen) atoms. The van der Waals surface area contributed by atoms with Crippen LogP contribution in [0.2, 0.25) is 5.02 Å². The molecule has 2 aromatic carbocycles. The Labute approximate surface area is 212 Å². The molecule has 0 aliphatic rings. The van der Waals surface area contributed by atoms with Crippen LogP contribution < -0.4 is 10.6 Å². The number of anilines is 2. The van der Waals surface area contributed by atoms with Gasteiger partial charge < -0.3 is 15.4 Å². The molecule has 184 valence electrons. The van der Waals surface area contributed by atoms with E-state index in [0.717, 1.165) is 27.9 Å². The van der Waals surface area contributed by atoms with E-state index in [1.54, 1.807) is 12.5 Å². The van der Waals surface area contributed by atoms with Crippen LogP contribution >= 0.6 is 11.6 Å². The second kappa shape index (κ2) is 14.1. The molecule has 0 bridgehead atoms. The minimum Gasteiger partial charge on any atom is -0.375 e. The van der Waals surface area contributed by atoms with Crippen LogP contribution in [0.1, 0.15) is 31.9 Å². The maximum Gasteiger partial charge on any atom is 0.226 e. The molecule has 0 radical (unpaired) electrons. The maximum absolute atomic E-state index is 5.91. The van der Waals surface area contributed by atoms with E-state index in [2.05, 4.69) is 58.5 Å². The summed E-state index contributed by atoms with van der Waals surface area (Å²) in [6.07, 6.45) is 5.28. The lowest BCUT2D eigenvalue weighted by Crippen LogP contribution is -2.13. The highest BCUT2D eigenvalue weighted by Gasteiger charge is 2.07. The van der Waals surface area contributed by atoms with Gasteiger partial charge in [-0.3, -0.25) is 4.57 Å². The van der Waals surface area contributed by atoms with Gasteiger partial charge in [0.1, 0.15) is 18.0 Å². The Kier molecular flexibility index (Phi) is 10.5. The smallest absolute Gasteiger partial charge is 0.226 e. The summed E-state index contributed by atoms with van der Waals surface area (Å²) in [6, 6.07) is 19.7. The molecule has 0 amide bonds. The van der Waals surface area contributed by atoms with Crippen LogP contribution in [0.15, 0.2) is 79.4 Å². The molecule has 4 rings (SSSR count). The number of halogens is 1. The van der Waals surface area contributed by atoms with Gasteiger partial charge in [-0.05, 0) is 29.2 Å². The zero-order chi connectivity index (χ0) is 24.9. The standard InChI is InChI=1S/C23H23ClN6O.C4H10/c24-20-8-6-19(7-9-20)16-31-13-11-26-21-14-22(30-12-10-25-17-30)29-23(28-21)27-15-18-4-2-1-3-5-18;1-4(2)3/h1-10,12,14,17H,11,13,15-16H2,(H2,26,27,28,29);4H,1-3H3. The third-order valence-electron chi connectivity index (χ3n) is 4.51. The fourth-order valence-electron chi connectivity index (χ4n) is 2.93. The predicted molar refractivity (Wildman–Crippen MR) is 143 cm³/mol. The van der Waals surface area contributed by atoms with E-state index >= 15 is 0 Å². The quantitative estimate of drug-likeness (QED) is 0.256. The molecule has 7 nitrogen and oxygen atoms in total.